The third-order valence-corrected chi connectivity index (χ3v) is 8.13. The number of carbonyl (C=O) groups excluding carboxylic acids is 4. The molecule has 2 amide bonds. The number of aromatic amines is 1. The number of H-pyrrole nitrogens is 1. The van der Waals surface area contributed by atoms with Crippen molar-refractivity contribution in [1.29, 1.82) is 0 Å². The minimum Gasteiger partial charge on any atom is -0.457 e. The second kappa shape index (κ2) is 8.95. The van der Waals surface area contributed by atoms with Crippen molar-refractivity contribution >= 4 is 23.6 Å². The zero-order valence-electron chi connectivity index (χ0n) is 19.1. The Balaban J connectivity index is 1.04. The summed E-state index contributed by atoms with van der Waals surface area (Å²) in [4.78, 5) is 54.4. The molecule has 1 saturated heterocycles. The molecule has 2 heterocycles. The van der Waals surface area contributed by atoms with Crippen molar-refractivity contribution in [3.8, 4) is 0 Å². The first-order valence-corrected chi connectivity index (χ1v) is 12.4. The first-order valence-electron chi connectivity index (χ1n) is 12.4. The molecule has 0 spiro atoms. The number of nitrogens with one attached hydrogen (secondary N) is 2. The van der Waals surface area contributed by atoms with Crippen molar-refractivity contribution < 1.29 is 23.9 Å². The predicted octanol–water partition coefficient (Wildman–Crippen LogP) is 2.70. The van der Waals surface area contributed by atoms with E-state index in [0.717, 1.165) is 45.2 Å². The first-order chi connectivity index (χ1) is 15.9. The van der Waals surface area contributed by atoms with Gasteiger partial charge in [0.05, 0.1) is 6.42 Å². The van der Waals surface area contributed by atoms with Crippen LogP contribution in [-0.2, 0) is 14.3 Å². The average molecular weight is 456 g/mol. The lowest BCUT2D eigenvalue weighted by Gasteiger charge is -2.55. The van der Waals surface area contributed by atoms with E-state index in [1.165, 1.54) is 31.5 Å². The minimum atomic E-state index is -0.516. The van der Waals surface area contributed by atoms with Crippen LogP contribution in [0.5, 0.6) is 0 Å². The van der Waals surface area contributed by atoms with Gasteiger partial charge >= 0.3 is 5.97 Å². The molecule has 4 bridgehead atoms. The van der Waals surface area contributed by atoms with E-state index in [4.69, 9.17) is 4.74 Å². The monoisotopic (exact) mass is 455 g/mol. The predicted molar refractivity (Wildman–Crippen MR) is 119 cm³/mol. The summed E-state index contributed by atoms with van der Waals surface area (Å²) < 4.78 is 5.11. The fourth-order valence-electron chi connectivity index (χ4n) is 6.93. The molecule has 178 valence electrons. The highest BCUT2D eigenvalue weighted by atomic mass is 16.5. The minimum absolute atomic E-state index is 0.0389. The molecule has 1 aromatic rings. The molecule has 33 heavy (non-hydrogen) atoms. The van der Waals surface area contributed by atoms with Gasteiger partial charge in [0.2, 0.25) is 11.7 Å². The first kappa shape index (κ1) is 22.2. The molecular weight excluding hydrogens is 422 g/mol. The van der Waals surface area contributed by atoms with E-state index < -0.39 is 5.97 Å². The molecule has 1 aromatic heterocycles. The molecule has 0 radical (unpaired) electrons. The molecule has 5 aliphatic rings. The molecule has 8 nitrogen and oxygen atoms in total. The number of carbonyl (C=O) groups is 4. The Hall–Kier alpha value is -2.64. The molecule has 5 fully saturated rings. The zero-order chi connectivity index (χ0) is 23.0. The van der Waals surface area contributed by atoms with Gasteiger partial charge in [-0.05, 0) is 75.2 Å². The van der Waals surface area contributed by atoms with Gasteiger partial charge in [0.15, 0.2) is 6.61 Å². The van der Waals surface area contributed by atoms with E-state index in [2.05, 4.69) is 10.3 Å². The number of aromatic nitrogens is 1. The largest absolute Gasteiger partial charge is 0.457 e. The Labute approximate surface area is 193 Å². The van der Waals surface area contributed by atoms with E-state index in [9.17, 15) is 19.2 Å². The van der Waals surface area contributed by atoms with Gasteiger partial charge < -0.3 is 19.9 Å². The van der Waals surface area contributed by atoms with Gasteiger partial charge in [-0.3, -0.25) is 19.2 Å². The van der Waals surface area contributed by atoms with Crippen molar-refractivity contribution in [2.24, 2.45) is 23.2 Å². The summed E-state index contributed by atoms with van der Waals surface area (Å²) in [6.45, 7) is 1.32. The topological polar surface area (TPSA) is 109 Å². The maximum absolute atomic E-state index is 12.9. The van der Waals surface area contributed by atoms with Gasteiger partial charge in [-0.15, -0.1) is 0 Å². The van der Waals surface area contributed by atoms with Gasteiger partial charge in [-0.1, -0.05) is 0 Å². The molecule has 1 aliphatic heterocycles. The van der Waals surface area contributed by atoms with Crippen molar-refractivity contribution in [2.45, 2.75) is 57.8 Å². The van der Waals surface area contributed by atoms with Crippen LogP contribution in [0.1, 0.15) is 78.6 Å². The standard InChI is InChI=1S/C25H33N3O5/c29-21(19-10-20(27-14-19)23(31)28-5-1-2-6-28)15-33-22(30)3-4-26-24(32)25-11-16-7-17(12-25)9-18(8-16)13-25/h10,14,16-18,27H,1-9,11-13,15H2,(H,26,32). The van der Waals surface area contributed by atoms with Crippen LogP contribution in [0.15, 0.2) is 12.3 Å². The van der Waals surface area contributed by atoms with Crippen LogP contribution < -0.4 is 5.32 Å². The Bertz CT molecular complexity index is 910. The van der Waals surface area contributed by atoms with Crippen LogP contribution in [0.4, 0.5) is 0 Å². The number of ether oxygens (including phenoxy) is 1. The quantitative estimate of drug-likeness (QED) is 0.463. The molecular formula is C25H33N3O5. The van der Waals surface area contributed by atoms with Crippen LogP contribution in [0.25, 0.3) is 0 Å². The van der Waals surface area contributed by atoms with Crippen LogP contribution in [0.2, 0.25) is 0 Å². The fraction of sp³-hybridized carbons (Fsp3) is 0.680. The van der Waals surface area contributed by atoms with Gasteiger partial charge in [-0.25, -0.2) is 0 Å². The number of esters is 1. The van der Waals surface area contributed by atoms with Gasteiger partial charge in [-0.2, -0.15) is 0 Å². The highest BCUT2D eigenvalue weighted by molar-refractivity contribution is 6.01. The SMILES string of the molecule is O=C(CCNC(=O)C12CC3CC(CC(C3)C1)C2)OCC(=O)c1c[nH]c(C(=O)N2CCCC2)c1. The molecule has 0 aromatic carbocycles. The highest BCUT2D eigenvalue weighted by Gasteiger charge is 2.54. The third kappa shape index (κ3) is 4.57. The second-order valence-electron chi connectivity index (χ2n) is 10.6. The summed E-state index contributed by atoms with van der Waals surface area (Å²) in [6.07, 6.45) is 10.3. The molecule has 8 heteroatoms. The van der Waals surface area contributed by atoms with E-state index in [1.807, 2.05) is 0 Å². The zero-order valence-corrected chi connectivity index (χ0v) is 19.1. The van der Waals surface area contributed by atoms with E-state index in [0.29, 0.717) is 29.0 Å². The number of hydrogen-bond donors (Lipinski definition) is 2. The molecule has 4 saturated carbocycles. The van der Waals surface area contributed by atoms with E-state index >= 15 is 0 Å². The van der Waals surface area contributed by atoms with E-state index in [-0.39, 0.29) is 42.6 Å². The van der Waals surface area contributed by atoms with Crippen LogP contribution in [0.3, 0.4) is 0 Å². The average Bonchev–Trinajstić information content (AvgIpc) is 3.48. The maximum Gasteiger partial charge on any atom is 0.308 e. The smallest absolute Gasteiger partial charge is 0.308 e. The third-order valence-electron chi connectivity index (χ3n) is 8.13. The number of likely N-dealkylation sites (tertiary alicyclic amines) is 1. The van der Waals surface area contributed by atoms with Crippen LogP contribution >= 0.6 is 0 Å². The van der Waals surface area contributed by atoms with Crippen LogP contribution in [-0.4, -0.2) is 59.7 Å². The summed E-state index contributed by atoms with van der Waals surface area (Å²) in [5, 5.41) is 2.96. The number of nitrogens with zero attached hydrogens (tertiary/aromatic N) is 1. The van der Waals surface area contributed by atoms with Gasteiger partial charge in [0.1, 0.15) is 5.69 Å². The Morgan fingerprint density at radius 3 is 2.30 bits per heavy atom. The summed E-state index contributed by atoms with van der Waals surface area (Å²) in [7, 11) is 0. The normalized spacial score (nSPS) is 29.8. The summed E-state index contributed by atoms with van der Waals surface area (Å²) >= 11 is 0. The van der Waals surface area contributed by atoms with Crippen LogP contribution in [0, 0.1) is 23.2 Å². The van der Waals surface area contributed by atoms with Gasteiger partial charge in [0.25, 0.3) is 5.91 Å². The molecule has 0 unspecified atom stereocenters. The Morgan fingerprint density at radius 2 is 1.67 bits per heavy atom. The van der Waals surface area contributed by atoms with Crippen molar-refractivity contribution in [2.75, 3.05) is 26.2 Å². The van der Waals surface area contributed by atoms with Crippen molar-refractivity contribution in [3.63, 3.8) is 0 Å². The maximum atomic E-state index is 12.9. The van der Waals surface area contributed by atoms with Gasteiger partial charge in [0, 0.05) is 36.8 Å². The van der Waals surface area contributed by atoms with E-state index in [1.54, 1.807) is 4.90 Å². The highest BCUT2D eigenvalue weighted by Crippen LogP contribution is 2.60. The second-order valence-corrected chi connectivity index (χ2v) is 10.6. The fourth-order valence-corrected chi connectivity index (χ4v) is 6.93. The lowest BCUT2D eigenvalue weighted by molar-refractivity contribution is -0.147. The number of hydrogen-bond acceptors (Lipinski definition) is 5. The lowest BCUT2D eigenvalue weighted by atomic mass is 9.49. The number of ketones is 1. The Kier molecular flexibility index (Phi) is 6.01. The Morgan fingerprint density at radius 1 is 1.03 bits per heavy atom. The lowest BCUT2D eigenvalue weighted by Crippen LogP contribution is -2.53. The molecule has 6 rings (SSSR count). The number of rotatable bonds is 8. The summed E-state index contributed by atoms with van der Waals surface area (Å²) in [5.74, 6) is 1.18. The number of Topliss-reactive ketones (excluding diaryl/α,β-unsaturated/α-hetero) is 1. The van der Waals surface area contributed by atoms with Crippen molar-refractivity contribution in [3.05, 3.63) is 23.5 Å². The number of amides is 2. The molecule has 4 aliphatic carbocycles. The molecule has 0 atom stereocenters. The molecule has 2 N–H and O–H groups in total. The summed E-state index contributed by atoms with van der Waals surface area (Å²) in [6, 6.07) is 1.52. The summed E-state index contributed by atoms with van der Waals surface area (Å²) in [5.41, 5.74) is 0.465. The van der Waals surface area contributed by atoms with Crippen molar-refractivity contribution in [1.82, 2.24) is 15.2 Å².